The van der Waals surface area contributed by atoms with Crippen LogP contribution in [-0.2, 0) is 0 Å². The van der Waals surface area contributed by atoms with Crippen molar-refractivity contribution in [2.75, 3.05) is 12.8 Å². The van der Waals surface area contributed by atoms with E-state index < -0.39 is 0 Å². The van der Waals surface area contributed by atoms with E-state index in [0.717, 1.165) is 5.56 Å². The molecule has 0 aromatic heterocycles. The number of nitrogen functional groups attached to an aromatic ring is 1. The Hall–Kier alpha value is -2.20. The van der Waals surface area contributed by atoms with E-state index in [2.05, 4.69) is 5.32 Å². The van der Waals surface area contributed by atoms with Gasteiger partial charge in [0.15, 0.2) is 0 Å². The predicted octanol–water partition coefficient (Wildman–Crippen LogP) is 3.42. The van der Waals surface area contributed by atoms with Crippen LogP contribution in [0.1, 0.15) is 28.9 Å². The fraction of sp³-hybridized carbons (Fsp3) is 0.188. The molecule has 0 spiro atoms. The van der Waals surface area contributed by atoms with Gasteiger partial charge in [-0.25, -0.2) is 0 Å². The minimum Gasteiger partial charge on any atom is -0.496 e. The van der Waals surface area contributed by atoms with Crippen LogP contribution in [0.15, 0.2) is 42.5 Å². The zero-order chi connectivity index (χ0) is 15.4. The van der Waals surface area contributed by atoms with Crippen molar-refractivity contribution in [2.24, 2.45) is 0 Å². The molecule has 110 valence electrons. The van der Waals surface area contributed by atoms with Crippen molar-refractivity contribution in [1.82, 2.24) is 5.32 Å². The number of benzene rings is 2. The van der Waals surface area contributed by atoms with Crippen LogP contribution in [0.25, 0.3) is 0 Å². The number of carbonyl (C=O) groups excluding carboxylic acids is 1. The lowest BCUT2D eigenvalue weighted by Crippen LogP contribution is -2.27. The Labute approximate surface area is 128 Å². The van der Waals surface area contributed by atoms with Gasteiger partial charge < -0.3 is 15.8 Å². The minimum atomic E-state index is -0.223. The fourth-order valence-corrected chi connectivity index (χ4v) is 2.23. The Morgan fingerprint density at radius 1 is 1.29 bits per heavy atom. The van der Waals surface area contributed by atoms with Crippen LogP contribution in [0.2, 0.25) is 5.02 Å². The first-order valence-corrected chi connectivity index (χ1v) is 6.89. The topological polar surface area (TPSA) is 64.3 Å². The summed E-state index contributed by atoms with van der Waals surface area (Å²) in [5.74, 6) is 0.227. The van der Waals surface area contributed by atoms with Gasteiger partial charge in [0.2, 0.25) is 0 Å². The van der Waals surface area contributed by atoms with Crippen molar-refractivity contribution >= 4 is 23.2 Å². The van der Waals surface area contributed by atoms with Gasteiger partial charge in [-0.05, 0) is 36.8 Å². The molecule has 1 atom stereocenters. The third-order valence-electron chi connectivity index (χ3n) is 3.17. The number of nitrogens with two attached hydrogens (primary N) is 1. The summed E-state index contributed by atoms with van der Waals surface area (Å²) in [6, 6.07) is 12.2. The Balaban J connectivity index is 2.18. The third-order valence-corrected chi connectivity index (χ3v) is 3.40. The van der Waals surface area contributed by atoms with E-state index in [-0.39, 0.29) is 11.9 Å². The molecule has 0 saturated heterocycles. The second kappa shape index (κ2) is 6.50. The van der Waals surface area contributed by atoms with Crippen LogP contribution in [0.4, 0.5) is 5.69 Å². The summed E-state index contributed by atoms with van der Waals surface area (Å²) in [5.41, 5.74) is 7.61. The molecule has 1 unspecified atom stereocenters. The maximum Gasteiger partial charge on any atom is 0.255 e. The van der Waals surface area contributed by atoms with Crippen LogP contribution < -0.4 is 15.8 Å². The first-order valence-electron chi connectivity index (χ1n) is 6.51. The lowest BCUT2D eigenvalue weighted by atomic mass is 10.1. The molecule has 3 N–H and O–H groups in total. The molecule has 1 amide bonds. The molecule has 0 heterocycles. The van der Waals surface area contributed by atoms with Crippen LogP contribution in [-0.4, -0.2) is 13.0 Å². The Morgan fingerprint density at radius 2 is 2.05 bits per heavy atom. The van der Waals surface area contributed by atoms with Crippen molar-refractivity contribution in [3.05, 3.63) is 58.6 Å². The van der Waals surface area contributed by atoms with Gasteiger partial charge in [0.1, 0.15) is 5.75 Å². The highest BCUT2D eigenvalue weighted by Gasteiger charge is 2.15. The molecule has 2 aromatic rings. The highest BCUT2D eigenvalue weighted by Crippen LogP contribution is 2.23. The van der Waals surface area contributed by atoms with E-state index in [1.54, 1.807) is 24.3 Å². The number of rotatable bonds is 4. The van der Waals surface area contributed by atoms with Gasteiger partial charge in [0, 0.05) is 16.8 Å². The molecule has 2 rings (SSSR count). The van der Waals surface area contributed by atoms with Gasteiger partial charge in [0.05, 0.1) is 18.7 Å². The average Bonchev–Trinajstić information content (AvgIpc) is 2.46. The zero-order valence-electron chi connectivity index (χ0n) is 11.9. The van der Waals surface area contributed by atoms with E-state index in [9.17, 15) is 4.79 Å². The number of anilines is 1. The number of amides is 1. The van der Waals surface area contributed by atoms with Gasteiger partial charge in [-0.3, -0.25) is 4.79 Å². The monoisotopic (exact) mass is 304 g/mol. The lowest BCUT2D eigenvalue weighted by Gasteiger charge is -2.16. The van der Waals surface area contributed by atoms with Crippen molar-refractivity contribution in [1.29, 1.82) is 0 Å². The highest BCUT2D eigenvalue weighted by molar-refractivity contribution is 6.30. The second-order valence-electron chi connectivity index (χ2n) is 4.71. The molecular weight excluding hydrogens is 288 g/mol. The summed E-state index contributed by atoms with van der Waals surface area (Å²) in [7, 11) is 1.51. The van der Waals surface area contributed by atoms with Gasteiger partial charge >= 0.3 is 0 Å². The zero-order valence-corrected chi connectivity index (χ0v) is 12.6. The van der Waals surface area contributed by atoms with E-state index in [0.29, 0.717) is 22.0 Å². The van der Waals surface area contributed by atoms with E-state index in [1.807, 2.05) is 25.1 Å². The van der Waals surface area contributed by atoms with Crippen molar-refractivity contribution in [3.8, 4) is 5.75 Å². The molecule has 0 aliphatic carbocycles. The molecule has 0 bridgehead atoms. The van der Waals surface area contributed by atoms with Crippen molar-refractivity contribution in [3.63, 3.8) is 0 Å². The van der Waals surface area contributed by atoms with Crippen molar-refractivity contribution in [2.45, 2.75) is 13.0 Å². The van der Waals surface area contributed by atoms with Gasteiger partial charge in [0.25, 0.3) is 5.91 Å². The lowest BCUT2D eigenvalue weighted by molar-refractivity contribution is 0.0937. The number of nitrogens with one attached hydrogen (secondary N) is 1. The predicted molar refractivity (Wildman–Crippen MR) is 84.7 cm³/mol. The Kier molecular flexibility index (Phi) is 4.70. The summed E-state index contributed by atoms with van der Waals surface area (Å²) in [6.45, 7) is 1.90. The molecule has 5 heteroatoms. The summed E-state index contributed by atoms with van der Waals surface area (Å²) < 4.78 is 5.19. The Bertz CT molecular complexity index is 658. The summed E-state index contributed by atoms with van der Waals surface area (Å²) in [5, 5.41) is 3.55. The molecule has 21 heavy (non-hydrogen) atoms. The number of halogens is 1. The molecule has 0 saturated carbocycles. The quantitative estimate of drug-likeness (QED) is 0.851. The number of methoxy groups -OCH3 is 1. The molecular formula is C16H17ClN2O2. The van der Waals surface area contributed by atoms with E-state index >= 15 is 0 Å². The molecule has 0 aliphatic heterocycles. The SMILES string of the molecule is COc1cc(N)ccc1C(=O)NC(C)c1cccc(Cl)c1. The largest absolute Gasteiger partial charge is 0.496 e. The smallest absolute Gasteiger partial charge is 0.255 e. The number of hydrogen-bond acceptors (Lipinski definition) is 3. The first kappa shape index (κ1) is 15.2. The molecule has 0 aliphatic rings. The molecule has 2 aromatic carbocycles. The number of ether oxygens (including phenoxy) is 1. The normalized spacial score (nSPS) is 11.8. The molecule has 4 nitrogen and oxygen atoms in total. The van der Waals surface area contributed by atoms with E-state index in [1.165, 1.54) is 7.11 Å². The minimum absolute atomic E-state index is 0.168. The molecule has 0 fully saturated rings. The van der Waals surface area contributed by atoms with Gasteiger partial charge in [-0.1, -0.05) is 23.7 Å². The van der Waals surface area contributed by atoms with Crippen molar-refractivity contribution < 1.29 is 9.53 Å². The van der Waals surface area contributed by atoms with E-state index in [4.69, 9.17) is 22.1 Å². The van der Waals surface area contributed by atoms with Gasteiger partial charge in [-0.15, -0.1) is 0 Å². The first-order chi connectivity index (χ1) is 10.0. The van der Waals surface area contributed by atoms with Crippen LogP contribution in [0.5, 0.6) is 5.75 Å². The van der Waals surface area contributed by atoms with Gasteiger partial charge in [-0.2, -0.15) is 0 Å². The summed E-state index contributed by atoms with van der Waals surface area (Å²) in [4.78, 5) is 12.3. The standard InChI is InChI=1S/C16H17ClN2O2/c1-10(11-4-3-5-12(17)8-11)19-16(20)14-7-6-13(18)9-15(14)21-2/h3-10H,18H2,1-2H3,(H,19,20). The van der Waals surface area contributed by atoms with Crippen LogP contribution >= 0.6 is 11.6 Å². The Morgan fingerprint density at radius 3 is 2.71 bits per heavy atom. The fourth-order valence-electron chi connectivity index (χ4n) is 2.03. The maximum absolute atomic E-state index is 12.3. The number of carbonyl (C=O) groups is 1. The maximum atomic E-state index is 12.3. The summed E-state index contributed by atoms with van der Waals surface area (Å²) in [6.07, 6.45) is 0. The summed E-state index contributed by atoms with van der Waals surface area (Å²) >= 11 is 5.96. The highest BCUT2D eigenvalue weighted by atomic mass is 35.5. The number of hydrogen-bond donors (Lipinski definition) is 2. The third kappa shape index (κ3) is 3.67. The molecule has 0 radical (unpaired) electrons. The average molecular weight is 305 g/mol. The van der Waals surface area contributed by atoms with Crippen LogP contribution in [0.3, 0.4) is 0 Å². The van der Waals surface area contributed by atoms with Crippen LogP contribution in [0, 0.1) is 0 Å². The second-order valence-corrected chi connectivity index (χ2v) is 5.15.